The third-order valence-electron chi connectivity index (χ3n) is 4.96. The highest BCUT2D eigenvalue weighted by Crippen LogP contribution is 2.35. The molecule has 0 radical (unpaired) electrons. The Labute approximate surface area is 169 Å². The highest BCUT2D eigenvalue weighted by Gasteiger charge is 2.22. The lowest BCUT2D eigenvalue weighted by Crippen LogP contribution is -2.20. The van der Waals surface area contributed by atoms with Gasteiger partial charge in [-0.25, -0.2) is 4.98 Å². The van der Waals surface area contributed by atoms with Gasteiger partial charge in [-0.1, -0.05) is 29.5 Å². The summed E-state index contributed by atoms with van der Waals surface area (Å²) in [6.45, 7) is 2.03. The Balaban J connectivity index is 1.41. The summed E-state index contributed by atoms with van der Waals surface area (Å²) >= 11 is 3.10. The molecule has 4 aromatic rings. The van der Waals surface area contributed by atoms with Crippen molar-refractivity contribution in [2.24, 2.45) is 7.05 Å². The van der Waals surface area contributed by atoms with E-state index in [1.807, 2.05) is 31.2 Å². The first-order valence-corrected chi connectivity index (χ1v) is 10.9. The fraction of sp³-hybridized carbons (Fsp3) is 0.300. The highest BCUT2D eigenvalue weighted by atomic mass is 32.2. The molecule has 0 N–H and O–H groups in total. The summed E-state index contributed by atoms with van der Waals surface area (Å²) in [7, 11) is 1.78. The number of aryl methyl sites for hydroxylation is 3. The van der Waals surface area contributed by atoms with Gasteiger partial charge in [-0.2, -0.15) is 0 Å². The molecule has 5 rings (SSSR count). The molecule has 0 aliphatic heterocycles. The molecule has 1 aromatic carbocycles. The van der Waals surface area contributed by atoms with Crippen molar-refractivity contribution in [3.8, 4) is 11.5 Å². The number of benzene rings is 1. The Bertz CT molecular complexity index is 1260. The Kier molecular flexibility index (Phi) is 4.32. The minimum absolute atomic E-state index is 0.0397. The minimum Gasteiger partial charge on any atom is -0.420 e. The van der Waals surface area contributed by atoms with Crippen LogP contribution < -0.4 is 5.56 Å². The SMILES string of the molecule is Cc1cccc(-c2nnc(CSc3nc4sc5c(c4c(=O)n3C)CCC5)o2)c1. The second-order valence-electron chi connectivity index (χ2n) is 6.96. The average Bonchev–Trinajstić information content (AvgIpc) is 3.39. The largest absolute Gasteiger partial charge is 0.420 e. The van der Waals surface area contributed by atoms with E-state index < -0.39 is 0 Å². The summed E-state index contributed by atoms with van der Waals surface area (Å²) < 4.78 is 7.43. The van der Waals surface area contributed by atoms with Gasteiger partial charge in [0.05, 0.1) is 11.1 Å². The van der Waals surface area contributed by atoms with Crippen molar-refractivity contribution < 1.29 is 4.42 Å². The molecule has 0 fully saturated rings. The average molecular weight is 411 g/mol. The zero-order valence-corrected chi connectivity index (χ0v) is 17.2. The molecule has 0 saturated carbocycles. The Hall–Kier alpha value is -2.45. The van der Waals surface area contributed by atoms with Crippen molar-refractivity contribution in [2.45, 2.75) is 37.1 Å². The summed E-state index contributed by atoms with van der Waals surface area (Å²) in [4.78, 5) is 19.8. The van der Waals surface area contributed by atoms with E-state index in [0.717, 1.165) is 40.6 Å². The molecule has 3 aromatic heterocycles. The molecule has 1 aliphatic rings. The number of hydrogen-bond donors (Lipinski definition) is 0. The van der Waals surface area contributed by atoms with Crippen LogP contribution in [0.1, 0.15) is 28.3 Å². The van der Waals surface area contributed by atoms with Crippen LogP contribution in [0, 0.1) is 6.92 Å². The van der Waals surface area contributed by atoms with E-state index in [9.17, 15) is 4.79 Å². The summed E-state index contributed by atoms with van der Waals surface area (Å²) in [6, 6.07) is 7.96. The van der Waals surface area contributed by atoms with Crippen molar-refractivity contribution >= 4 is 33.3 Å². The van der Waals surface area contributed by atoms with Crippen molar-refractivity contribution in [3.05, 3.63) is 56.5 Å². The van der Waals surface area contributed by atoms with E-state index >= 15 is 0 Å². The fourth-order valence-electron chi connectivity index (χ4n) is 3.57. The van der Waals surface area contributed by atoms with Gasteiger partial charge in [-0.05, 0) is 43.9 Å². The van der Waals surface area contributed by atoms with Crippen LogP contribution >= 0.6 is 23.1 Å². The number of rotatable bonds is 4. The molecule has 0 unspecified atom stereocenters. The van der Waals surface area contributed by atoms with Crippen molar-refractivity contribution in [3.63, 3.8) is 0 Å². The normalized spacial score (nSPS) is 13.4. The molecule has 3 heterocycles. The van der Waals surface area contributed by atoms with Gasteiger partial charge in [0.25, 0.3) is 5.56 Å². The highest BCUT2D eigenvalue weighted by molar-refractivity contribution is 7.98. The van der Waals surface area contributed by atoms with Gasteiger partial charge in [0.15, 0.2) is 5.16 Å². The zero-order chi connectivity index (χ0) is 19.3. The van der Waals surface area contributed by atoms with Crippen molar-refractivity contribution in [2.75, 3.05) is 0 Å². The van der Waals surface area contributed by atoms with Crippen molar-refractivity contribution in [1.82, 2.24) is 19.7 Å². The van der Waals surface area contributed by atoms with E-state index in [1.54, 1.807) is 23.0 Å². The molecule has 8 heteroatoms. The van der Waals surface area contributed by atoms with Crippen LogP contribution in [0.4, 0.5) is 0 Å². The molecular formula is C20H18N4O2S2. The molecule has 0 amide bonds. The van der Waals surface area contributed by atoms with Gasteiger partial charge < -0.3 is 4.42 Å². The summed E-state index contributed by atoms with van der Waals surface area (Å²) in [6.07, 6.45) is 3.19. The summed E-state index contributed by atoms with van der Waals surface area (Å²) in [5.41, 5.74) is 3.30. The summed E-state index contributed by atoms with van der Waals surface area (Å²) in [5, 5.41) is 9.77. The predicted octanol–water partition coefficient (Wildman–Crippen LogP) is 4.13. The number of fused-ring (bicyclic) bond motifs is 3. The Morgan fingerprint density at radius 3 is 3.04 bits per heavy atom. The Morgan fingerprint density at radius 1 is 1.29 bits per heavy atom. The van der Waals surface area contributed by atoms with E-state index in [1.165, 1.54) is 22.2 Å². The minimum atomic E-state index is 0.0397. The van der Waals surface area contributed by atoms with Crippen LogP contribution in [0.2, 0.25) is 0 Å². The molecule has 0 spiro atoms. The number of thioether (sulfide) groups is 1. The zero-order valence-electron chi connectivity index (χ0n) is 15.6. The van der Waals surface area contributed by atoms with Crippen molar-refractivity contribution in [1.29, 1.82) is 0 Å². The van der Waals surface area contributed by atoms with Gasteiger partial charge in [-0.15, -0.1) is 21.5 Å². The van der Waals surface area contributed by atoms with Gasteiger partial charge in [0.2, 0.25) is 11.8 Å². The molecule has 0 saturated heterocycles. The fourth-order valence-corrected chi connectivity index (χ4v) is 5.68. The maximum absolute atomic E-state index is 12.9. The van der Waals surface area contributed by atoms with Crippen LogP contribution in [-0.4, -0.2) is 19.7 Å². The first-order chi connectivity index (χ1) is 13.6. The maximum Gasteiger partial charge on any atom is 0.262 e. The monoisotopic (exact) mass is 410 g/mol. The van der Waals surface area contributed by atoms with Crippen LogP contribution in [0.3, 0.4) is 0 Å². The standard InChI is InChI=1S/C20H18N4O2S2/c1-11-5-3-6-12(9-11)17-23-22-15(26-17)10-27-20-21-18-16(19(25)24(20)2)13-7-4-8-14(13)28-18/h3,5-6,9H,4,7-8,10H2,1-2H3. The first kappa shape index (κ1) is 17.6. The summed E-state index contributed by atoms with van der Waals surface area (Å²) in [5.74, 6) is 1.49. The molecule has 0 bridgehead atoms. The maximum atomic E-state index is 12.9. The lowest BCUT2D eigenvalue weighted by molar-refractivity contribution is 0.528. The number of nitrogens with zero attached hydrogens (tertiary/aromatic N) is 4. The van der Waals surface area contributed by atoms with Crippen LogP contribution in [0.15, 0.2) is 38.6 Å². The smallest absolute Gasteiger partial charge is 0.262 e. The van der Waals surface area contributed by atoms with Crippen LogP contribution in [0.25, 0.3) is 21.7 Å². The van der Waals surface area contributed by atoms with E-state index in [-0.39, 0.29) is 5.56 Å². The van der Waals surface area contributed by atoms with E-state index in [4.69, 9.17) is 9.40 Å². The van der Waals surface area contributed by atoms with Crippen LogP contribution in [0.5, 0.6) is 0 Å². The Morgan fingerprint density at radius 2 is 2.18 bits per heavy atom. The van der Waals surface area contributed by atoms with Gasteiger partial charge in [-0.3, -0.25) is 9.36 Å². The molecule has 0 atom stereocenters. The van der Waals surface area contributed by atoms with Gasteiger partial charge in [0, 0.05) is 17.5 Å². The second-order valence-corrected chi connectivity index (χ2v) is 8.98. The number of aromatic nitrogens is 4. The van der Waals surface area contributed by atoms with Gasteiger partial charge >= 0.3 is 0 Å². The predicted molar refractivity (Wildman–Crippen MR) is 111 cm³/mol. The number of hydrogen-bond acceptors (Lipinski definition) is 7. The van der Waals surface area contributed by atoms with Crippen LogP contribution in [-0.2, 0) is 25.6 Å². The first-order valence-electron chi connectivity index (χ1n) is 9.13. The number of thiophene rings is 1. The van der Waals surface area contributed by atoms with Gasteiger partial charge in [0.1, 0.15) is 4.83 Å². The van der Waals surface area contributed by atoms with E-state index in [2.05, 4.69) is 10.2 Å². The lowest BCUT2D eigenvalue weighted by atomic mass is 10.1. The quantitative estimate of drug-likeness (QED) is 0.372. The third kappa shape index (κ3) is 2.97. The van der Waals surface area contributed by atoms with E-state index in [0.29, 0.717) is 22.7 Å². The molecule has 1 aliphatic carbocycles. The lowest BCUT2D eigenvalue weighted by Gasteiger charge is -2.06. The molecule has 6 nitrogen and oxygen atoms in total. The second kappa shape index (κ2) is 6.86. The molecule has 28 heavy (non-hydrogen) atoms. The molecular weight excluding hydrogens is 392 g/mol. The topological polar surface area (TPSA) is 73.8 Å². The third-order valence-corrected chi connectivity index (χ3v) is 7.16. The molecule has 142 valence electrons.